The average molecular weight is 228 g/mol. The second kappa shape index (κ2) is 2.73. The van der Waals surface area contributed by atoms with Gasteiger partial charge in [-0.2, -0.15) is 0 Å². The van der Waals surface area contributed by atoms with E-state index in [4.69, 9.17) is 0 Å². The van der Waals surface area contributed by atoms with Crippen molar-refractivity contribution in [2.24, 2.45) is 7.05 Å². The zero-order valence-electron chi connectivity index (χ0n) is 6.88. The molecule has 0 N–H and O–H groups in total. The summed E-state index contributed by atoms with van der Waals surface area (Å²) in [6.07, 6.45) is 4.14. The number of rotatable bonds is 1. The van der Waals surface area contributed by atoms with E-state index < -0.39 is 0 Å². The molecule has 1 aromatic rings. The summed E-state index contributed by atoms with van der Waals surface area (Å²) in [6, 6.07) is 1.94. The number of aryl methyl sites for hydroxylation is 1. The molecule has 0 spiro atoms. The minimum Gasteiger partial charge on any atom is -0.317 e. The van der Waals surface area contributed by atoms with Gasteiger partial charge < -0.3 is 4.57 Å². The van der Waals surface area contributed by atoms with E-state index in [2.05, 4.69) is 15.9 Å². The standard InChI is InChI=1S/C9H10BrNO/c1-11-5-7(10)4-8(9(11)12)6-2-3-6/h4-6H,2-3H2,1H3. The van der Waals surface area contributed by atoms with Crippen LogP contribution in [-0.2, 0) is 7.05 Å². The number of hydrogen-bond acceptors (Lipinski definition) is 1. The highest BCUT2D eigenvalue weighted by molar-refractivity contribution is 9.10. The summed E-state index contributed by atoms with van der Waals surface area (Å²) in [5.41, 5.74) is 1.12. The predicted octanol–water partition coefficient (Wildman–Crippen LogP) is 2.03. The highest BCUT2D eigenvalue weighted by atomic mass is 79.9. The van der Waals surface area contributed by atoms with Gasteiger partial charge in [0, 0.05) is 23.3 Å². The van der Waals surface area contributed by atoms with Crippen molar-refractivity contribution in [2.75, 3.05) is 0 Å². The molecule has 0 bridgehead atoms. The van der Waals surface area contributed by atoms with Gasteiger partial charge in [-0.15, -0.1) is 0 Å². The van der Waals surface area contributed by atoms with Crippen LogP contribution in [0.3, 0.4) is 0 Å². The van der Waals surface area contributed by atoms with Crippen molar-refractivity contribution in [1.82, 2.24) is 4.57 Å². The fraction of sp³-hybridized carbons (Fsp3) is 0.444. The minimum atomic E-state index is 0.153. The first-order chi connectivity index (χ1) is 5.68. The van der Waals surface area contributed by atoms with E-state index in [0.717, 1.165) is 10.0 Å². The lowest BCUT2D eigenvalue weighted by atomic mass is 10.2. The molecule has 12 heavy (non-hydrogen) atoms. The molecule has 0 amide bonds. The summed E-state index contributed by atoms with van der Waals surface area (Å²) in [6.45, 7) is 0. The third-order valence-electron chi connectivity index (χ3n) is 2.19. The van der Waals surface area contributed by atoms with E-state index in [0.29, 0.717) is 5.92 Å². The second-order valence-electron chi connectivity index (χ2n) is 3.30. The average Bonchev–Trinajstić information content (AvgIpc) is 2.79. The van der Waals surface area contributed by atoms with E-state index >= 15 is 0 Å². The van der Waals surface area contributed by atoms with Crippen LogP contribution in [0.25, 0.3) is 0 Å². The molecular formula is C9H10BrNO. The van der Waals surface area contributed by atoms with Gasteiger partial charge in [0.15, 0.2) is 0 Å². The summed E-state index contributed by atoms with van der Waals surface area (Å²) < 4.78 is 2.63. The Morgan fingerprint density at radius 3 is 2.83 bits per heavy atom. The van der Waals surface area contributed by atoms with Gasteiger partial charge >= 0.3 is 0 Å². The van der Waals surface area contributed by atoms with Crippen molar-refractivity contribution in [2.45, 2.75) is 18.8 Å². The predicted molar refractivity (Wildman–Crippen MR) is 51.4 cm³/mol. The Hall–Kier alpha value is -0.570. The fourth-order valence-electron chi connectivity index (χ4n) is 1.38. The lowest BCUT2D eigenvalue weighted by Gasteiger charge is -2.02. The molecule has 0 unspecified atom stereocenters. The van der Waals surface area contributed by atoms with Gasteiger partial charge in [0.05, 0.1) is 0 Å². The zero-order chi connectivity index (χ0) is 8.72. The Labute approximate surface area is 79.3 Å². The molecule has 1 aromatic heterocycles. The molecule has 3 heteroatoms. The number of aromatic nitrogens is 1. The molecule has 1 fully saturated rings. The van der Waals surface area contributed by atoms with Gasteiger partial charge in [0.1, 0.15) is 0 Å². The van der Waals surface area contributed by atoms with Crippen molar-refractivity contribution in [3.63, 3.8) is 0 Å². The van der Waals surface area contributed by atoms with Crippen LogP contribution >= 0.6 is 15.9 Å². The Balaban J connectivity index is 2.58. The van der Waals surface area contributed by atoms with Crippen molar-refractivity contribution in [1.29, 1.82) is 0 Å². The summed E-state index contributed by atoms with van der Waals surface area (Å²) in [5.74, 6) is 0.529. The maximum absolute atomic E-state index is 11.5. The topological polar surface area (TPSA) is 22.0 Å². The van der Waals surface area contributed by atoms with Crippen LogP contribution in [0.15, 0.2) is 21.5 Å². The number of pyridine rings is 1. The van der Waals surface area contributed by atoms with Crippen LogP contribution < -0.4 is 5.56 Å². The molecule has 1 saturated carbocycles. The third kappa shape index (κ3) is 1.33. The molecule has 0 aliphatic heterocycles. The first kappa shape index (κ1) is 8.05. The Morgan fingerprint density at radius 2 is 2.25 bits per heavy atom. The molecule has 0 atom stereocenters. The molecule has 1 aliphatic carbocycles. The van der Waals surface area contributed by atoms with Crippen LogP contribution in [0.2, 0.25) is 0 Å². The summed E-state index contributed by atoms with van der Waals surface area (Å²) >= 11 is 3.38. The molecule has 2 nitrogen and oxygen atoms in total. The maximum atomic E-state index is 11.5. The summed E-state index contributed by atoms with van der Waals surface area (Å²) in [7, 11) is 1.79. The van der Waals surface area contributed by atoms with Gasteiger partial charge in [0.25, 0.3) is 5.56 Å². The molecule has 2 rings (SSSR count). The molecule has 1 aliphatic rings. The van der Waals surface area contributed by atoms with Gasteiger partial charge in [-0.1, -0.05) is 0 Å². The Kier molecular flexibility index (Phi) is 1.83. The Morgan fingerprint density at radius 1 is 1.58 bits per heavy atom. The first-order valence-electron chi connectivity index (χ1n) is 4.04. The lowest BCUT2D eigenvalue weighted by Crippen LogP contribution is -2.19. The second-order valence-corrected chi connectivity index (χ2v) is 4.22. The summed E-state index contributed by atoms with van der Waals surface area (Å²) in [4.78, 5) is 11.5. The summed E-state index contributed by atoms with van der Waals surface area (Å²) in [5, 5.41) is 0. The van der Waals surface area contributed by atoms with Gasteiger partial charge in [-0.3, -0.25) is 4.79 Å². The molecule has 0 radical (unpaired) electrons. The molecule has 0 saturated heterocycles. The van der Waals surface area contributed by atoms with Crippen LogP contribution in [0.1, 0.15) is 24.3 Å². The largest absolute Gasteiger partial charge is 0.317 e. The van der Waals surface area contributed by atoms with E-state index in [9.17, 15) is 4.79 Å². The van der Waals surface area contributed by atoms with Crippen LogP contribution in [0.5, 0.6) is 0 Å². The zero-order valence-corrected chi connectivity index (χ0v) is 8.47. The van der Waals surface area contributed by atoms with Crippen molar-refractivity contribution < 1.29 is 0 Å². The van der Waals surface area contributed by atoms with Crippen molar-refractivity contribution in [3.05, 3.63) is 32.7 Å². The lowest BCUT2D eigenvalue weighted by molar-refractivity contribution is 0.827. The first-order valence-corrected chi connectivity index (χ1v) is 4.84. The molecule has 0 aromatic carbocycles. The molecule has 1 heterocycles. The van der Waals surface area contributed by atoms with Crippen LogP contribution in [-0.4, -0.2) is 4.57 Å². The van der Waals surface area contributed by atoms with Crippen LogP contribution in [0, 0.1) is 0 Å². The van der Waals surface area contributed by atoms with Gasteiger partial charge in [-0.25, -0.2) is 0 Å². The SMILES string of the molecule is Cn1cc(Br)cc(C2CC2)c1=O. The normalized spacial score (nSPS) is 16.5. The van der Waals surface area contributed by atoms with E-state index in [1.54, 1.807) is 17.8 Å². The van der Waals surface area contributed by atoms with E-state index in [1.807, 2.05) is 6.07 Å². The smallest absolute Gasteiger partial charge is 0.253 e. The van der Waals surface area contributed by atoms with Crippen molar-refractivity contribution >= 4 is 15.9 Å². The van der Waals surface area contributed by atoms with Crippen molar-refractivity contribution in [3.8, 4) is 0 Å². The van der Waals surface area contributed by atoms with E-state index in [-0.39, 0.29) is 5.56 Å². The maximum Gasteiger partial charge on any atom is 0.253 e. The highest BCUT2D eigenvalue weighted by Crippen LogP contribution is 2.38. The fourth-order valence-corrected chi connectivity index (χ4v) is 1.94. The van der Waals surface area contributed by atoms with E-state index in [1.165, 1.54) is 12.8 Å². The number of hydrogen-bond donors (Lipinski definition) is 0. The van der Waals surface area contributed by atoms with Gasteiger partial charge in [0.2, 0.25) is 0 Å². The number of nitrogens with zero attached hydrogens (tertiary/aromatic N) is 1. The molecule has 64 valence electrons. The third-order valence-corrected chi connectivity index (χ3v) is 2.63. The van der Waals surface area contributed by atoms with Crippen LogP contribution in [0.4, 0.5) is 0 Å². The minimum absolute atomic E-state index is 0.153. The molecular weight excluding hydrogens is 218 g/mol. The number of halogens is 1. The van der Waals surface area contributed by atoms with Gasteiger partial charge in [-0.05, 0) is 40.8 Å². The quantitative estimate of drug-likeness (QED) is 0.720. The monoisotopic (exact) mass is 227 g/mol. The highest BCUT2D eigenvalue weighted by Gasteiger charge is 2.26. The Bertz CT molecular complexity index is 365.